The summed E-state index contributed by atoms with van der Waals surface area (Å²) >= 11 is 0. The minimum absolute atomic E-state index is 0.206. The molecule has 27 heavy (non-hydrogen) atoms. The SMILES string of the molecule is CC(N)C(C)C(=O)Nc1ccccc1C(=O)NCc1ccc2c(c1)OCO2. The Labute approximate surface area is 157 Å². The maximum absolute atomic E-state index is 12.6. The lowest BCUT2D eigenvalue weighted by atomic mass is 10.0. The molecule has 2 unspecified atom stereocenters. The van der Waals surface area contributed by atoms with Crippen molar-refractivity contribution >= 4 is 17.5 Å². The molecule has 0 spiro atoms. The Hall–Kier alpha value is -3.06. The van der Waals surface area contributed by atoms with E-state index in [0.717, 1.165) is 5.56 Å². The Morgan fingerprint density at radius 3 is 2.63 bits per heavy atom. The van der Waals surface area contributed by atoms with Gasteiger partial charge in [0.05, 0.1) is 17.2 Å². The average molecular weight is 369 g/mol. The van der Waals surface area contributed by atoms with Crippen molar-refractivity contribution in [2.75, 3.05) is 12.1 Å². The highest BCUT2D eigenvalue weighted by Crippen LogP contribution is 2.32. The molecule has 7 heteroatoms. The van der Waals surface area contributed by atoms with Crippen molar-refractivity contribution in [3.05, 3.63) is 53.6 Å². The van der Waals surface area contributed by atoms with E-state index in [2.05, 4.69) is 10.6 Å². The van der Waals surface area contributed by atoms with E-state index in [-0.39, 0.29) is 30.6 Å². The van der Waals surface area contributed by atoms with E-state index < -0.39 is 0 Å². The van der Waals surface area contributed by atoms with Crippen LogP contribution < -0.4 is 25.8 Å². The summed E-state index contributed by atoms with van der Waals surface area (Å²) in [5.74, 6) is 0.494. The normalized spacial score (nSPS) is 14.3. The summed E-state index contributed by atoms with van der Waals surface area (Å²) in [4.78, 5) is 24.9. The first-order valence-corrected chi connectivity index (χ1v) is 8.78. The largest absolute Gasteiger partial charge is 0.454 e. The topological polar surface area (TPSA) is 103 Å². The summed E-state index contributed by atoms with van der Waals surface area (Å²) in [6, 6.07) is 12.1. The summed E-state index contributed by atoms with van der Waals surface area (Å²) in [5.41, 5.74) is 7.52. The van der Waals surface area contributed by atoms with Gasteiger partial charge in [-0.25, -0.2) is 0 Å². The zero-order valence-corrected chi connectivity index (χ0v) is 15.3. The van der Waals surface area contributed by atoms with Crippen LogP contribution >= 0.6 is 0 Å². The van der Waals surface area contributed by atoms with Gasteiger partial charge in [0, 0.05) is 12.6 Å². The number of rotatable bonds is 6. The van der Waals surface area contributed by atoms with Crippen LogP contribution in [0.5, 0.6) is 11.5 Å². The first-order chi connectivity index (χ1) is 13.0. The second-order valence-electron chi connectivity index (χ2n) is 6.55. The number of carbonyl (C=O) groups is 2. The number of fused-ring (bicyclic) bond motifs is 1. The second-order valence-corrected chi connectivity index (χ2v) is 6.55. The summed E-state index contributed by atoms with van der Waals surface area (Å²) in [6.45, 7) is 4.06. The van der Waals surface area contributed by atoms with Gasteiger partial charge in [-0.2, -0.15) is 0 Å². The number of nitrogens with two attached hydrogens (primary N) is 1. The van der Waals surface area contributed by atoms with E-state index in [9.17, 15) is 9.59 Å². The number of para-hydroxylation sites is 1. The zero-order chi connectivity index (χ0) is 19.4. The number of ether oxygens (including phenoxy) is 2. The zero-order valence-electron chi connectivity index (χ0n) is 15.3. The maximum atomic E-state index is 12.6. The molecule has 1 aliphatic heterocycles. The minimum atomic E-state index is -0.366. The second kappa shape index (κ2) is 8.09. The van der Waals surface area contributed by atoms with E-state index in [1.165, 1.54) is 0 Å². The summed E-state index contributed by atoms with van der Waals surface area (Å²) in [5, 5.41) is 5.65. The molecule has 7 nitrogen and oxygen atoms in total. The molecule has 3 rings (SSSR count). The van der Waals surface area contributed by atoms with Gasteiger partial charge in [0.15, 0.2) is 11.5 Å². The van der Waals surface area contributed by atoms with E-state index in [1.807, 2.05) is 18.2 Å². The standard InChI is InChI=1S/C20H23N3O4/c1-12(13(2)21)19(24)23-16-6-4-3-5-15(16)20(25)22-10-14-7-8-17-18(9-14)27-11-26-17/h3-9,12-13H,10-11,21H2,1-2H3,(H,22,25)(H,23,24). The number of benzene rings is 2. The van der Waals surface area contributed by atoms with E-state index in [4.69, 9.17) is 15.2 Å². The quantitative estimate of drug-likeness (QED) is 0.725. The molecule has 1 heterocycles. The summed E-state index contributed by atoms with van der Waals surface area (Å²) in [7, 11) is 0. The van der Waals surface area contributed by atoms with Crippen molar-refractivity contribution in [1.82, 2.24) is 5.32 Å². The molecule has 2 atom stereocenters. The number of nitrogens with one attached hydrogen (secondary N) is 2. The monoisotopic (exact) mass is 369 g/mol. The maximum Gasteiger partial charge on any atom is 0.253 e. The fraction of sp³-hybridized carbons (Fsp3) is 0.300. The van der Waals surface area contributed by atoms with Crippen molar-refractivity contribution in [2.24, 2.45) is 11.7 Å². The lowest BCUT2D eigenvalue weighted by Crippen LogP contribution is -2.35. The first kappa shape index (κ1) is 18.7. The molecule has 0 radical (unpaired) electrons. The molecule has 2 amide bonds. The number of anilines is 1. The van der Waals surface area contributed by atoms with Crippen LogP contribution in [0.15, 0.2) is 42.5 Å². The van der Waals surface area contributed by atoms with Crippen LogP contribution in [0.4, 0.5) is 5.69 Å². The van der Waals surface area contributed by atoms with Gasteiger partial charge in [0.1, 0.15) is 0 Å². The molecule has 0 saturated carbocycles. The third kappa shape index (κ3) is 4.38. The Kier molecular flexibility index (Phi) is 5.61. The first-order valence-electron chi connectivity index (χ1n) is 8.78. The minimum Gasteiger partial charge on any atom is -0.454 e. The lowest BCUT2D eigenvalue weighted by Gasteiger charge is -2.17. The summed E-state index contributed by atoms with van der Waals surface area (Å²) in [6.07, 6.45) is 0. The number of carbonyl (C=O) groups excluding carboxylic acids is 2. The number of hydrogen-bond acceptors (Lipinski definition) is 5. The highest BCUT2D eigenvalue weighted by molar-refractivity contribution is 6.04. The predicted octanol–water partition coefficient (Wildman–Crippen LogP) is 2.27. The van der Waals surface area contributed by atoms with Crippen molar-refractivity contribution in [1.29, 1.82) is 0 Å². The molecule has 0 saturated heterocycles. The Balaban J connectivity index is 1.67. The molecule has 2 aromatic carbocycles. The Morgan fingerprint density at radius 2 is 1.85 bits per heavy atom. The van der Waals surface area contributed by atoms with Crippen LogP contribution in [0.2, 0.25) is 0 Å². The van der Waals surface area contributed by atoms with Gasteiger partial charge < -0.3 is 25.8 Å². The smallest absolute Gasteiger partial charge is 0.253 e. The molecule has 4 N–H and O–H groups in total. The van der Waals surface area contributed by atoms with Gasteiger partial charge in [-0.1, -0.05) is 25.1 Å². The van der Waals surface area contributed by atoms with Gasteiger partial charge in [0.25, 0.3) is 5.91 Å². The lowest BCUT2D eigenvalue weighted by molar-refractivity contribution is -0.119. The van der Waals surface area contributed by atoms with E-state index in [0.29, 0.717) is 29.3 Å². The van der Waals surface area contributed by atoms with Crippen LogP contribution in [0.1, 0.15) is 29.8 Å². The molecule has 1 aliphatic rings. The molecule has 0 fully saturated rings. The van der Waals surface area contributed by atoms with Gasteiger partial charge in [-0.3, -0.25) is 9.59 Å². The fourth-order valence-electron chi connectivity index (χ4n) is 2.60. The fourth-order valence-corrected chi connectivity index (χ4v) is 2.60. The van der Waals surface area contributed by atoms with E-state index >= 15 is 0 Å². The third-order valence-electron chi connectivity index (χ3n) is 4.52. The predicted molar refractivity (Wildman–Crippen MR) is 102 cm³/mol. The summed E-state index contributed by atoms with van der Waals surface area (Å²) < 4.78 is 10.6. The van der Waals surface area contributed by atoms with Gasteiger partial charge in [0.2, 0.25) is 12.7 Å². The molecular formula is C20H23N3O4. The Bertz CT molecular complexity index is 851. The number of amides is 2. The van der Waals surface area contributed by atoms with Gasteiger partial charge in [-0.05, 0) is 36.8 Å². The van der Waals surface area contributed by atoms with Crippen LogP contribution in [0, 0.1) is 5.92 Å². The van der Waals surface area contributed by atoms with Gasteiger partial charge in [-0.15, -0.1) is 0 Å². The molecular weight excluding hydrogens is 346 g/mol. The van der Waals surface area contributed by atoms with Crippen LogP contribution in [0.25, 0.3) is 0 Å². The van der Waals surface area contributed by atoms with Crippen molar-refractivity contribution in [3.63, 3.8) is 0 Å². The highest BCUT2D eigenvalue weighted by atomic mass is 16.7. The molecule has 0 aromatic heterocycles. The van der Waals surface area contributed by atoms with Crippen molar-refractivity contribution in [2.45, 2.75) is 26.4 Å². The van der Waals surface area contributed by atoms with Crippen LogP contribution in [0.3, 0.4) is 0 Å². The molecule has 0 aliphatic carbocycles. The molecule has 142 valence electrons. The third-order valence-corrected chi connectivity index (χ3v) is 4.52. The van der Waals surface area contributed by atoms with Crippen LogP contribution in [-0.4, -0.2) is 24.6 Å². The average Bonchev–Trinajstić information content (AvgIpc) is 3.13. The number of hydrogen-bond donors (Lipinski definition) is 3. The highest BCUT2D eigenvalue weighted by Gasteiger charge is 2.20. The Morgan fingerprint density at radius 1 is 1.11 bits per heavy atom. The molecule has 0 bridgehead atoms. The van der Waals surface area contributed by atoms with Gasteiger partial charge >= 0.3 is 0 Å². The van der Waals surface area contributed by atoms with Crippen LogP contribution in [-0.2, 0) is 11.3 Å². The van der Waals surface area contributed by atoms with Crippen molar-refractivity contribution in [3.8, 4) is 11.5 Å². The van der Waals surface area contributed by atoms with Crippen molar-refractivity contribution < 1.29 is 19.1 Å². The molecule has 2 aromatic rings. The van der Waals surface area contributed by atoms with E-state index in [1.54, 1.807) is 38.1 Å².